The molecule has 0 atom stereocenters. The molecular weight excluding hydrogens is 417 g/mol. The van der Waals surface area contributed by atoms with E-state index in [4.69, 9.17) is 17.3 Å². The van der Waals surface area contributed by atoms with Gasteiger partial charge in [0.1, 0.15) is 0 Å². The summed E-state index contributed by atoms with van der Waals surface area (Å²) in [6, 6.07) is 13.5. The Morgan fingerprint density at radius 2 is 1.81 bits per heavy atom. The van der Waals surface area contributed by atoms with Crippen LogP contribution in [0.1, 0.15) is 0 Å². The Bertz CT molecular complexity index is 814. The third-order valence-corrected chi connectivity index (χ3v) is 4.65. The molecule has 0 amide bonds. The summed E-state index contributed by atoms with van der Waals surface area (Å²) in [6.07, 6.45) is 0. The lowest BCUT2D eigenvalue weighted by Crippen LogP contribution is -1.90. The van der Waals surface area contributed by atoms with Gasteiger partial charge in [-0.3, -0.25) is 5.10 Å². The Morgan fingerprint density at radius 3 is 2.57 bits per heavy atom. The summed E-state index contributed by atoms with van der Waals surface area (Å²) < 4.78 is 1.89. The van der Waals surface area contributed by atoms with Crippen LogP contribution in [0.2, 0.25) is 5.02 Å². The second-order valence-corrected chi connectivity index (χ2v) is 6.64. The van der Waals surface area contributed by atoms with Crippen LogP contribution in [-0.2, 0) is 0 Å². The zero-order chi connectivity index (χ0) is 15.0. The normalized spacial score (nSPS) is 10.8. The van der Waals surface area contributed by atoms with Crippen LogP contribution in [-0.4, -0.2) is 10.2 Å². The van der Waals surface area contributed by atoms with E-state index in [2.05, 4.69) is 42.1 Å². The van der Waals surface area contributed by atoms with Gasteiger partial charge in [0.05, 0.1) is 16.3 Å². The molecule has 3 rings (SSSR count). The van der Waals surface area contributed by atoms with Gasteiger partial charge >= 0.3 is 0 Å². The molecule has 0 fully saturated rings. The number of nitrogens with one attached hydrogen (secondary N) is 1. The van der Waals surface area contributed by atoms with Crippen LogP contribution in [0.25, 0.3) is 22.4 Å². The van der Waals surface area contributed by atoms with E-state index in [1.807, 2.05) is 42.5 Å². The molecule has 6 heteroatoms. The van der Waals surface area contributed by atoms with Crippen molar-refractivity contribution in [3.8, 4) is 22.4 Å². The van der Waals surface area contributed by atoms with E-state index in [9.17, 15) is 0 Å². The van der Waals surface area contributed by atoms with Crippen molar-refractivity contribution in [3.63, 3.8) is 0 Å². The summed E-state index contributed by atoms with van der Waals surface area (Å²) >= 11 is 13.3. The molecule has 106 valence electrons. The minimum absolute atomic E-state index is 0.438. The molecule has 3 aromatic rings. The van der Waals surface area contributed by atoms with Crippen molar-refractivity contribution in [2.24, 2.45) is 0 Å². The first-order chi connectivity index (χ1) is 10.1. The van der Waals surface area contributed by atoms with Crippen LogP contribution >= 0.6 is 43.5 Å². The van der Waals surface area contributed by atoms with E-state index in [1.165, 1.54) is 0 Å². The summed E-state index contributed by atoms with van der Waals surface area (Å²) in [7, 11) is 0. The number of hydrogen-bond acceptors (Lipinski definition) is 2. The van der Waals surface area contributed by atoms with Crippen molar-refractivity contribution < 1.29 is 0 Å². The molecule has 0 aliphatic heterocycles. The van der Waals surface area contributed by atoms with Gasteiger partial charge < -0.3 is 5.73 Å². The Balaban J connectivity index is 2.27. The predicted octanol–water partition coefficient (Wildman–Crippen LogP) is 5.50. The maximum atomic E-state index is 6.32. The number of nitrogens with zero attached hydrogens (tertiary/aromatic N) is 1. The quantitative estimate of drug-likeness (QED) is 0.567. The van der Waals surface area contributed by atoms with Crippen LogP contribution in [0.5, 0.6) is 0 Å². The van der Waals surface area contributed by atoms with Crippen molar-refractivity contribution in [1.29, 1.82) is 0 Å². The second-order valence-electron chi connectivity index (χ2n) is 4.46. The standard InChI is InChI=1S/C15H10Br2ClN3/c16-8-5-6-12(18)10(7-8)14-13(15(19)21-20-14)9-3-1-2-4-11(9)17/h1-7H,(H3,19,20,21). The fourth-order valence-electron chi connectivity index (χ4n) is 2.18. The maximum absolute atomic E-state index is 6.32. The summed E-state index contributed by atoms with van der Waals surface area (Å²) in [5.41, 5.74) is 9.50. The fourth-order valence-corrected chi connectivity index (χ4v) is 3.23. The number of aromatic amines is 1. The number of halogens is 3. The van der Waals surface area contributed by atoms with Gasteiger partial charge in [-0.2, -0.15) is 5.10 Å². The smallest absolute Gasteiger partial charge is 0.153 e. The van der Waals surface area contributed by atoms with Crippen molar-refractivity contribution >= 4 is 49.3 Å². The highest BCUT2D eigenvalue weighted by atomic mass is 79.9. The highest BCUT2D eigenvalue weighted by Crippen LogP contribution is 2.41. The number of benzene rings is 2. The highest BCUT2D eigenvalue weighted by molar-refractivity contribution is 9.10. The van der Waals surface area contributed by atoms with E-state index in [1.54, 1.807) is 0 Å². The molecule has 0 bridgehead atoms. The maximum Gasteiger partial charge on any atom is 0.153 e. The Morgan fingerprint density at radius 1 is 1.05 bits per heavy atom. The van der Waals surface area contributed by atoms with Gasteiger partial charge in [0.2, 0.25) is 0 Å². The van der Waals surface area contributed by atoms with Gasteiger partial charge in [-0.05, 0) is 24.3 Å². The van der Waals surface area contributed by atoms with Crippen LogP contribution in [0.15, 0.2) is 51.4 Å². The van der Waals surface area contributed by atoms with Gasteiger partial charge in [-0.1, -0.05) is 61.7 Å². The zero-order valence-corrected chi connectivity index (χ0v) is 14.6. The molecule has 0 aliphatic carbocycles. The van der Waals surface area contributed by atoms with Crippen LogP contribution in [0.4, 0.5) is 5.82 Å². The second kappa shape index (κ2) is 5.83. The number of nitrogen functional groups attached to an aromatic ring is 1. The van der Waals surface area contributed by atoms with E-state index < -0.39 is 0 Å². The third kappa shape index (κ3) is 2.73. The summed E-state index contributed by atoms with van der Waals surface area (Å²) in [5, 5.41) is 7.76. The molecule has 0 unspecified atom stereocenters. The average Bonchev–Trinajstić information content (AvgIpc) is 2.84. The first-order valence-corrected chi connectivity index (χ1v) is 8.08. The zero-order valence-electron chi connectivity index (χ0n) is 10.7. The number of H-pyrrole nitrogens is 1. The molecule has 0 aliphatic rings. The molecule has 0 radical (unpaired) electrons. The molecule has 0 saturated heterocycles. The predicted molar refractivity (Wildman–Crippen MR) is 94.3 cm³/mol. The third-order valence-electron chi connectivity index (χ3n) is 3.14. The van der Waals surface area contributed by atoms with Crippen LogP contribution in [0, 0.1) is 0 Å². The monoisotopic (exact) mass is 425 g/mol. The van der Waals surface area contributed by atoms with E-state index in [0.29, 0.717) is 10.8 Å². The number of aromatic nitrogens is 2. The Labute approximate surface area is 143 Å². The van der Waals surface area contributed by atoms with Crippen molar-refractivity contribution in [1.82, 2.24) is 10.2 Å². The minimum Gasteiger partial charge on any atom is -0.382 e. The van der Waals surface area contributed by atoms with Gasteiger partial charge in [0.25, 0.3) is 0 Å². The molecule has 3 N–H and O–H groups in total. The lowest BCUT2D eigenvalue weighted by atomic mass is 10.0. The van der Waals surface area contributed by atoms with Gasteiger partial charge in [0, 0.05) is 20.1 Å². The van der Waals surface area contributed by atoms with Crippen LogP contribution in [0.3, 0.4) is 0 Å². The first kappa shape index (κ1) is 14.6. The molecule has 2 aromatic carbocycles. The van der Waals surface area contributed by atoms with Crippen molar-refractivity contribution in [2.75, 3.05) is 5.73 Å². The lowest BCUT2D eigenvalue weighted by Gasteiger charge is -2.08. The summed E-state index contributed by atoms with van der Waals surface area (Å²) in [5.74, 6) is 0.438. The van der Waals surface area contributed by atoms with E-state index in [0.717, 1.165) is 31.3 Å². The van der Waals surface area contributed by atoms with Gasteiger partial charge in [-0.25, -0.2) is 0 Å². The molecule has 21 heavy (non-hydrogen) atoms. The summed E-state index contributed by atoms with van der Waals surface area (Å²) in [4.78, 5) is 0. The average molecular weight is 428 g/mol. The largest absolute Gasteiger partial charge is 0.382 e. The molecule has 1 heterocycles. The number of anilines is 1. The number of hydrogen-bond donors (Lipinski definition) is 2. The fraction of sp³-hybridized carbons (Fsp3) is 0. The minimum atomic E-state index is 0.438. The van der Waals surface area contributed by atoms with Gasteiger partial charge in [-0.15, -0.1) is 0 Å². The molecule has 3 nitrogen and oxygen atoms in total. The highest BCUT2D eigenvalue weighted by Gasteiger charge is 2.18. The van der Waals surface area contributed by atoms with E-state index in [-0.39, 0.29) is 0 Å². The number of rotatable bonds is 2. The van der Waals surface area contributed by atoms with Crippen molar-refractivity contribution in [3.05, 3.63) is 56.4 Å². The molecule has 0 saturated carbocycles. The molecule has 1 aromatic heterocycles. The molecule has 0 spiro atoms. The van der Waals surface area contributed by atoms with Crippen molar-refractivity contribution in [2.45, 2.75) is 0 Å². The first-order valence-electron chi connectivity index (χ1n) is 6.12. The SMILES string of the molecule is Nc1n[nH]c(-c2cc(Br)ccc2Cl)c1-c1ccccc1Br. The van der Waals surface area contributed by atoms with Gasteiger partial charge in [0.15, 0.2) is 5.82 Å². The molecular formula is C15H10Br2ClN3. The topological polar surface area (TPSA) is 54.7 Å². The Hall–Kier alpha value is -1.30. The lowest BCUT2D eigenvalue weighted by molar-refractivity contribution is 1.10. The van der Waals surface area contributed by atoms with Crippen LogP contribution < -0.4 is 5.73 Å². The Kier molecular flexibility index (Phi) is 4.06. The summed E-state index contributed by atoms with van der Waals surface area (Å²) in [6.45, 7) is 0. The number of nitrogens with two attached hydrogens (primary N) is 1. The van der Waals surface area contributed by atoms with E-state index >= 15 is 0 Å².